The molecule has 1 saturated carbocycles. The minimum Gasteiger partial charge on any atom is -0.393 e. The quantitative estimate of drug-likeness (QED) is 0.633. The summed E-state index contributed by atoms with van der Waals surface area (Å²) in [6.07, 6.45) is 2.39. The Kier molecular flexibility index (Phi) is 1.95. The molecule has 3 aliphatic rings. The molecule has 2 saturated heterocycles. The number of rotatable bonds is 1. The zero-order chi connectivity index (χ0) is 9.69. The van der Waals surface area contributed by atoms with Gasteiger partial charge in [0, 0.05) is 12.3 Å². The standard InChI is InChI=1S/C10H18O3/c1-9-4-3-7(8(12)5-9)10(2,6-11)13-9/h7-8,11-12H,3-6H2,1-2H3/t7-,8+,9+,10+/m1/s1. The van der Waals surface area contributed by atoms with Gasteiger partial charge in [-0.05, 0) is 26.7 Å². The molecule has 0 aromatic heterocycles. The van der Waals surface area contributed by atoms with E-state index in [2.05, 4.69) is 0 Å². The Morgan fingerprint density at radius 2 is 2.15 bits per heavy atom. The molecule has 2 aliphatic heterocycles. The molecule has 2 N–H and O–H groups in total. The second-order valence-corrected chi connectivity index (χ2v) is 4.94. The molecule has 3 fully saturated rings. The van der Waals surface area contributed by atoms with Gasteiger partial charge in [-0.25, -0.2) is 0 Å². The van der Waals surface area contributed by atoms with Crippen LogP contribution in [0.5, 0.6) is 0 Å². The van der Waals surface area contributed by atoms with Gasteiger partial charge in [-0.3, -0.25) is 0 Å². The minimum atomic E-state index is -0.523. The van der Waals surface area contributed by atoms with Crippen LogP contribution in [0.15, 0.2) is 0 Å². The fourth-order valence-electron chi connectivity index (χ4n) is 2.93. The first-order valence-corrected chi connectivity index (χ1v) is 4.98. The second kappa shape index (κ2) is 2.69. The SMILES string of the molecule is C[C@]12CC[C@H]([C@@H](O)C1)[C@](C)(CO)O2. The van der Waals surface area contributed by atoms with E-state index in [4.69, 9.17) is 4.74 Å². The number of fused-ring (bicyclic) bond motifs is 3. The van der Waals surface area contributed by atoms with E-state index in [9.17, 15) is 10.2 Å². The summed E-state index contributed by atoms with van der Waals surface area (Å²) in [5, 5.41) is 19.1. The normalized spacial score (nSPS) is 55.4. The van der Waals surface area contributed by atoms with Gasteiger partial charge < -0.3 is 14.9 Å². The first kappa shape index (κ1) is 9.44. The summed E-state index contributed by atoms with van der Waals surface area (Å²) < 4.78 is 5.87. The average Bonchev–Trinajstić information content (AvgIpc) is 2.02. The molecule has 1 aliphatic carbocycles. The van der Waals surface area contributed by atoms with Crippen LogP contribution < -0.4 is 0 Å². The van der Waals surface area contributed by atoms with Crippen LogP contribution in [0.3, 0.4) is 0 Å². The lowest BCUT2D eigenvalue weighted by Crippen LogP contribution is -2.62. The molecule has 4 atom stereocenters. The smallest absolute Gasteiger partial charge is 0.0944 e. The Morgan fingerprint density at radius 3 is 2.62 bits per heavy atom. The van der Waals surface area contributed by atoms with Crippen LogP contribution in [-0.4, -0.2) is 34.1 Å². The van der Waals surface area contributed by atoms with Crippen molar-refractivity contribution in [3.63, 3.8) is 0 Å². The number of hydrogen-bond donors (Lipinski definition) is 2. The summed E-state index contributed by atoms with van der Waals surface area (Å²) in [6.45, 7) is 3.93. The Balaban J connectivity index is 2.27. The third kappa shape index (κ3) is 1.30. The van der Waals surface area contributed by atoms with E-state index in [1.807, 2.05) is 13.8 Å². The third-order valence-corrected chi connectivity index (χ3v) is 3.67. The lowest BCUT2D eigenvalue weighted by atomic mass is 9.67. The van der Waals surface area contributed by atoms with Crippen LogP contribution in [0.4, 0.5) is 0 Å². The highest BCUT2D eigenvalue weighted by Gasteiger charge is 2.54. The van der Waals surface area contributed by atoms with Crippen molar-refractivity contribution in [2.45, 2.75) is 50.4 Å². The van der Waals surface area contributed by atoms with Gasteiger partial charge in [0.25, 0.3) is 0 Å². The van der Waals surface area contributed by atoms with E-state index in [0.717, 1.165) is 12.8 Å². The van der Waals surface area contributed by atoms with Crippen molar-refractivity contribution < 1.29 is 14.9 Å². The monoisotopic (exact) mass is 186 g/mol. The van der Waals surface area contributed by atoms with Crippen LogP contribution in [0.1, 0.15) is 33.1 Å². The number of hydrogen-bond acceptors (Lipinski definition) is 3. The summed E-state index contributed by atoms with van der Waals surface area (Å²) in [4.78, 5) is 0. The number of aliphatic hydroxyl groups is 2. The molecule has 3 heteroatoms. The first-order valence-electron chi connectivity index (χ1n) is 4.98. The molecule has 0 radical (unpaired) electrons. The molecule has 0 amide bonds. The van der Waals surface area contributed by atoms with E-state index in [1.165, 1.54) is 0 Å². The van der Waals surface area contributed by atoms with Crippen molar-refractivity contribution >= 4 is 0 Å². The minimum absolute atomic E-state index is 0.00428. The van der Waals surface area contributed by atoms with E-state index in [1.54, 1.807) is 0 Å². The van der Waals surface area contributed by atoms with Gasteiger partial charge in [0.1, 0.15) is 0 Å². The maximum Gasteiger partial charge on any atom is 0.0944 e. The van der Waals surface area contributed by atoms with Gasteiger partial charge >= 0.3 is 0 Å². The van der Waals surface area contributed by atoms with Crippen LogP contribution in [0.25, 0.3) is 0 Å². The molecular formula is C10H18O3. The maximum atomic E-state index is 9.84. The van der Waals surface area contributed by atoms with Crippen LogP contribution in [-0.2, 0) is 4.74 Å². The summed E-state index contributed by atoms with van der Waals surface area (Å²) in [6, 6.07) is 0. The molecule has 3 nitrogen and oxygen atoms in total. The van der Waals surface area contributed by atoms with Gasteiger partial charge in [0.2, 0.25) is 0 Å². The van der Waals surface area contributed by atoms with Gasteiger partial charge in [-0.1, -0.05) is 0 Å². The maximum absolute atomic E-state index is 9.84. The summed E-state index contributed by atoms with van der Waals surface area (Å²) in [5.41, 5.74) is -0.740. The fraction of sp³-hybridized carbons (Fsp3) is 1.00. The molecule has 3 rings (SSSR count). The van der Waals surface area contributed by atoms with Crippen LogP contribution in [0.2, 0.25) is 0 Å². The van der Waals surface area contributed by atoms with Crippen LogP contribution in [0, 0.1) is 5.92 Å². The molecule has 0 spiro atoms. The summed E-state index contributed by atoms with van der Waals surface area (Å²) in [7, 11) is 0. The third-order valence-electron chi connectivity index (χ3n) is 3.67. The highest BCUT2D eigenvalue weighted by atomic mass is 16.5. The van der Waals surface area contributed by atoms with Crippen molar-refractivity contribution in [1.82, 2.24) is 0 Å². The highest BCUT2D eigenvalue weighted by molar-refractivity contribution is 5.03. The van der Waals surface area contributed by atoms with E-state index >= 15 is 0 Å². The first-order chi connectivity index (χ1) is 5.99. The Labute approximate surface area is 78.7 Å². The molecule has 13 heavy (non-hydrogen) atoms. The Bertz CT molecular complexity index is 218. The average molecular weight is 186 g/mol. The van der Waals surface area contributed by atoms with Crippen LogP contribution >= 0.6 is 0 Å². The van der Waals surface area contributed by atoms with E-state index in [-0.39, 0.29) is 24.2 Å². The second-order valence-electron chi connectivity index (χ2n) is 4.94. The molecular weight excluding hydrogens is 168 g/mol. The molecule has 2 bridgehead atoms. The van der Waals surface area contributed by atoms with Gasteiger partial charge in [-0.2, -0.15) is 0 Å². The molecule has 76 valence electrons. The summed E-state index contributed by atoms with van der Waals surface area (Å²) in [5.74, 6) is 0.110. The zero-order valence-corrected chi connectivity index (χ0v) is 8.29. The molecule has 2 heterocycles. The molecule has 0 unspecified atom stereocenters. The zero-order valence-electron chi connectivity index (χ0n) is 8.29. The van der Waals surface area contributed by atoms with Crippen molar-refractivity contribution in [2.24, 2.45) is 5.92 Å². The largest absolute Gasteiger partial charge is 0.393 e. The van der Waals surface area contributed by atoms with Gasteiger partial charge in [0.15, 0.2) is 0 Å². The van der Waals surface area contributed by atoms with Crippen molar-refractivity contribution in [3.8, 4) is 0 Å². The van der Waals surface area contributed by atoms with Gasteiger partial charge in [-0.15, -0.1) is 0 Å². The predicted octanol–water partition coefficient (Wildman–Crippen LogP) is 0.687. The predicted molar refractivity (Wildman–Crippen MR) is 48.3 cm³/mol. The van der Waals surface area contributed by atoms with Crippen molar-refractivity contribution in [1.29, 1.82) is 0 Å². The van der Waals surface area contributed by atoms with E-state index < -0.39 is 5.60 Å². The molecule has 0 aromatic rings. The number of ether oxygens (including phenoxy) is 1. The van der Waals surface area contributed by atoms with Gasteiger partial charge in [0.05, 0.1) is 23.9 Å². The molecule has 0 aromatic carbocycles. The fourth-order valence-corrected chi connectivity index (χ4v) is 2.93. The van der Waals surface area contributed by atoms with Crippen molar-refractivity contribution in [2.75, 3.05) is 6.61 Å². The van der Waals surface area contributed by atoms with Crippen molar-refractivity contribution in [3.05, 3.63) is 0 Å². The van der Waals surface area contributed by atoms with E-state index in [0.29, 0.717) is 6.42 Å². The number of aliphatic hydroxyl groups excluding tert-OH is 2. The lowest BCUT2D eigenvalue weighted by molar-refractivity contribution is -0.280. The summed E-state index contributed by atoms with van der Waals surface area (Å²) >= 11 is 0. The Morgan fingerprint density at radius 1 is 1.46 bits per heavy atom. The highest BCUT2D eigenvalue weighted by Crippen LogP contribution is 2.49. The Hall–Kier alpha value is -0.120. The topological polar surface area (TPSA) is 49.7 Å². The lowest BCUT2D eigenvalue weighted by Gasteiger charge is -2.56.